The zero-order chi connectivity index (χ0) is 19.8. The number of likely N-dealkylation sites (N-methyl/N-ethyl adjacent to an activating group) is 1. The Morgan fingerprint density at radius 3 is 2.25 bits per heavy atom. The van der Waals surface area contributed by atoms with E-state index >= 15 is 0 Å². The molecule has 1 amide bonds. The van der Waals surface area contributed by atoms with Gasteiger partial charge < -0.3 is 19.7 Å². The number of amides is 1. The Bertz CT molecular complexity index is 756. The molecule has 150 valence electrons. The molecule has 28 heavy (non-hydrogen) atoms. The van der Waals surface area contributed by atoms with Crippen molar-refractivity contribution in [1.82, 2.24) is 9.80 Å². The molecule has 6 nitrogen and oxygen atoms in total. The first-order valence-electron chi connectivity index (χ1n) is 9.78. The van der Waals surface area contributed by atoms with E-state index in [2.05, 4.69) is 34.3 Å². The molecule has 0 aromatic heterocycles. The Labute approximate surface area is 167 Å². The number of benzene rings is 2. The van der Waals surface area contributed by atoms with Gasteiger partial charge in [-0.1, -0.05) is 24.3 Å². The first-order valence-corrected chi connectivity index (χ1v) is 9.78. The third-order valence-corrected chi connectivity index (χ3v) is 4.75. The second-order valence-electron chi connectivity index (χ2n) is 6.99. The van der Waals surface area contributed by atoms with Crippen LogP contribution in [0.15, 0.2) is 48.5 Å². The van der Waals surface area contributed by atoms with Gasteiger partial charge in [-0.3, -0.25) is 9.69 Å². The average molecular weight is 383 g/mol. The molecule has 1 saturated heterocycles. The number of nitrogens with zero attached hydrogens (tertiary/aromatic N) is 2. The van der Waals surface area contributed by atoms with Gasteiger partial charge in [-0.25, -0.2) is 0 Å². The Morgan fingerprint density at radius 2 is 1.61 bits per heavy atom. The van der Waals surface area contributed by atoms with Gasteiger partial charge in [0.25, 0.3) is 5.91 Å². The molecule has 0 saturated carbocycles. The van der Waals surface area contributed by atoms with Gasteiger partial charge in [0, 0.05) is 38.4 Å². The topological polar surface area (TPSA) is 54.0 Å². The maximum atomic E-state index is 12.2. The minimum atomic E-state index is -0.196. The van der Waals surface area contributed by atoms with Crippen LogP contribution in [-0.2, 0) is 11.3 Å². The molecule has 3 rings (SSSR count). The number of hydrogen-bond acceptors (Lipinski definition) is 5. The molecule has 0 spiro atoms. The summed E-state index contributed by atoms with van der Waals surface area (Å²) in [5.74, 6) is 1.02. The van der Waals surface area contributed by atoms with Crippen LogP contribution in [0.4, 0.5) is 5.69 Å². The molecule has 1 fully saturated rings. The van der Waals surface area contributed by atoms with Crippen molar-refractivity contribution in [2.24, 2.45) is 0 Å². The highest BCUT2D eigenvalue weighted by molar-refractivity contribution is 5.91. The van der Waals surface area contributed by atoms with Gasteiger partial charge in [0.15, 0.2) is 18.1 Å². The van der Waals surface area contributed by atoms with Crippen molar-refractivity contribution < 1.29 is 14.3 Å². The quantitative estimate of drug-likeness (QED) is 0.760. The summed E-state index contributed by atoms with van der Waals surface area (Å²) in [4.78, 5) is 17.0. The lowest BCUT2D eigenvalue weighted by molar-refractivity contribution is -0.118. The molecule has 1 heterocycles. The van der Waals surface area contributed by atoms with Crippen LogP contribution in [0.5, 0.6) is 11.5 Å². The van der Waals surface area contributed by atoms with Crippen LogP contribution in [0, 0.1) is 0 Å². The van der Waals surface area contributed by atoms with Crippen LogP contribution in [0.1, 0.15) is 12.5 Å². The predicted molar refractivity (Wildman–Crippen MR) is 111 cm³/mol. The number of anilines is 1. The van der Waals surface area contributed by atoms with Crippen molar-refractivity contribution in [3.8, 4) is 11.5 Å². The summed E-state index contributed by atoms with van der Waals surface area (Å²) in [5, 5.41) is 2.88. The number of piperazine rings is 1. The van der Waals surface area contributed by atoms with Crippen molar-refractivity contribution in [3.05, 3.63) is 54.1 Å². The molecule has 0 radical (unpaired) electrons. The standard InChI is InChI=1S/C22H29N3O3/c1-3-27-20-6-4-5-7-21(20)28-17-22(26)23-19-10-8-18(9-11-19)16-25-14-12-24(2)13-15-25/h4-11H,3,12-17H2,1-2H3,(H,23,26). The monoisotopic (exact) mass is 383 g/mol. The summed E-state index contributed by atoms with van der Waals surface area (Å²) >= 11 is 0. The molecule has 1 aliphatic heterocycles. The molecule has 2 aromatic carbocycles. The third-order valence-electron chi connectivity index (χ3n) is 4.75. The van der Waals surface area contributed by atoms with E-state index in [9.17, 15) is 4.79 Å². The summed E-state index contributed by atoms with van der Waals surface area (Å²) in [6.45, 7) is 7.75. The van der Waals surface area contributed by atoms with E-state index in [1.165, 1.54) is 5.56 Å². The van der Waals surface area contributed by atoms with Crippen LogP contribution in [0.2, 0.25) is 0 Å². The van der Waals surface area contributed by atoms with E-state index in [4.69, 9.17) is 9.47 Å². The molecule has 0 bridgehead atoms. The lowest BCUT2D eigenvalue weighted by atomic mass is 10.2. The van der Waals surface area contributed by atoms with Gasteiger partial charge in [0.05, 0.1) is 6.61 Å². The smallest absolute Gasteiger partial charge is 0.262 e. The normalized spacial score (nSPS) is 15.2. The summed E-state index contributed by atoms with van der Waals surface area (Å²) in [7, 11) is 2.16. The van der Waals surface area contributed by atoms with E-state index < -0.39 is 0 Å². The molecule has 6 heteroatoms. The summed E-state index contributed by atoms with van der Waals surface area (Å²) in [6.07, 6.45) is 0. The number of hydrogen-bond donors (Lipinski definition) is 1. The molecular formula is C22H29N3O3. The summed E-state index contributed by atoms with van der Waals surface area (Å²) in [6, 6.07) is 15.4. The van der Waals surface area contributed by atoms with Crippen molar-refractivity contribution in [1.29, 1.82) is 0 Å². The first kappa shape index (κ1) is 20.2. The first-order chi connectivity index (χ1) is 13.6. The molecule has 2 aromatic rings. The maximum Gasteiger partial charge on any atom is 0.262 e. The zero-order valence-electron chi connectivity index (χ0n) is 16.7. The van der Waals surface area contributed by atoms with Gasteiger partial charge in [0.2, 0.25) is 0 Å². The highest BCUT2D eigenvalue weighted by Crippen LogP contribution is 2.26. The number of carbonyl (C=O) groups excluding carboxylic acids is 1. The molecule has 1 aliphatic rings. The Kier molecular flexibility index (Phi) is 7.28. The van der Waals surface area contributed by atoms with E-state index in [0.717, 1.165) is 38.4 Å². The maximum absolute atomic E-state index is 12.2. The Hall–Kier alpha value is -2.57. The minimum absolute atomic E-state index is 0.0624. The van der Waals surface area contributed by atoms with Crippen LogP contribution in [-0.4, -0.2) is 62.1 Å². The Morgan fingerprint density at radius 1 is 0.964 bits per heavy atom. The number of nitrogens with one attached hydrogen (secondary N) is 1. The number of rotatable bonds is 8. The van der Waals surface area contributed by atoms with Crippen molar-refractivity contribution in [3.63, 3.8) is 0 Å². The van der Waals surface area contributed by atoms with E-state index in [1.54, 1.807) is 6.07 Å². The van der Waals surface area contributed by atoms with Crippen LogP contribution in [0.25, 0.3) is 0 Å². The molecule has 0 unspecified atom stereocenters. The molecule has 0 atom stereocenters. The number of ether oxygens (including phenoxy) is 2. The lowest BCUT2D eigenvalue weighted by Crippen LogP contribution is -2.43. The molecule has 1 N–H and O–H groups in total. The molecular weight excluding hydrogens is 354 g/mol. The van der Waals surface area contributed by atoms with Crippen molar-refractivity contribution in [2.75, 3.05) is 51.8 Å². The largest absolute Gasteiger partial charge is 0.490 e. The van der Waals surface area contributed by atoms with Gasteiger partial charge in [0.1, 0.15) is 0 Å². The van der Waals surface area contributed by atoms with Crippen LogP contribution >= 0.6 is 0 Å². The highest BCUT2D eigenvalue weighted by Gasteiger charge is 2.14. The number of carbonyl (C=O) groups is 1. The highest BCUT2D eigenvalue weighted by atomic mass is 16.5. The average Bonchev–Trinajstić information content (AvgIpc) is 2.71. The van der Waals surface area contributed by atoms with E-state index in [-0.39, 0.29) is 12.5 Å². The fourth-order valence-corrected chi connectivity index (χ4v) is 3.14. The van der Waals surface area contributed by atoms with Gasteiger partial charge in [-0.15, -0.1) is 0 Å². The van der Waals surface area contributed by atoms with Crippen molar-refractivity contribution >= 4 is 11.6 Å². The minimum Gasteiger partial charge on any atom is -0.490 e. The zero-order valence-corrected chi connectivity index (χ0v) is 16.7. The number of para-hydroxylation sites is 2. The van der Waals surface area contributed by atoms with Crippen LogP contribution < -0.4 is 14.8 Å². The van der Waals surface area contributed by atoms with Crippen LogP contribution in [0.3, 0.4) is 0 Å². The van der Waals surface area contributed by atoms with E-state index in [1.807, 2.05) is 37.3 Å². The van der Waals surface area contributed by atoms with Gasteiger partial charge >= 0.3 is 0 Å². The third kappa shape index (κ3) is 5.97. The van der Waals surface area contributed by atoms with Gasteiger partial charge in [-0.2, -0.15) is 0 Å². The Balaban J connectivity index is 1.47. The SMILES string of the molecule is CCOc1ccccc1OCC(=O)Nc1ccc(CN2CCN(C)CC2)cc1. The summed E-state index contributed by atoms with van der Waals surface area (Å²) < 4.78 is 11.1. The van der Waals surface area contributed by atoms with Gasteiger partial charge in [-0.05, 0) is 43.8 Å². The second-order valence-corrected chi connectivity index (χ2v) is 6.99. The predicted octanol–water partition coefficient (Wildman–Crippen LogP) is 2.85. The molecule has 0 aliphatic carbocycles. The fraction of sp³-hybridized carbons (Fsp3) is 0.409. The lowest BCUT2D eigenvalue weighted by Gasteiger charge is -2.32. The summed E-state index contributed by atoms with van der Waals surface area (Å²) in [5.41, 5.74) is 2.03. The van der Waals surface area contributed by atoms with Crippen molar-refractivity contribution in [2.45, 2.75) is 13.5 Å². The fourth-order valence-electron chi connectivity index (χ4n) is 3.14. The van der Waals surface area contributed by atoms with E-state index in [0.29, 0.717) is 18.1 Å². The second kappa shape index (κ2) is 10.1.